The third-order valence-electron chi connectivity index (χ3n) is 1.42. The average molecular weight is 523 g/mol. The van der Waals surface area contributed by atoms with Crippen LogP contribution in [0.4, 0.5) is 0 Å². The molecular formula is C7H7BiIO6. The molecule has 0 aliphatic rings. The Balaban J connectivity index is 0.00000196. The topological polar surface area (TPSA) is 118 Å². The summed E-state index contributed by atoms with van der Waals surface area (Å²) < 4.78 is 4.80. The van der Waals surface area contributed by atoms with E-state index in [2.05, 4.69) is 0 Å². The summed E-state index contributed by atoms with van der Waals surface area (Å²) in [6.45, 7) is 0. The standard InChI is InChI=1S/C7H6O5.Bi.HI.H2O/c8-4-1-3(7(11)12)2-5(9)6(4)10;;;/h1-2,8-10H,(H,11,12);;1H;1H2/q;+2;;/p-2. The van der Waals surface area contributed by atoms with Crippen LogP contribution in [0, 0.1) is 0 Å². The van der Waals surface area contributed by atoms with Crippen LogP contribution in [0.25, 0.3) is 0 Å². The van der Waals surface area contributed by atoms with Gasteiger partial charge in [-0.2, -0.15) is 0 Å². The van der Waals surface area contributed by atoms with Gasteiger partial charge in [0.25, 0.3) is 0 Å². The van der Waals surface area contributed by atoms with E-state index in [1.54, 1.807) is 0 Å². The van der Waals surface area contributed by atoms with Crippen molar-refractivity contribution in [3.05, 3.63) is 17.7 Å². The molecule has 1 rings (SSSR count). The minimum atomic E-state index is -1.24. The zero-order valence-electron chi connectivity index (χ0n) is 7.14. The quantitative estimate of drug-likeness (QED) is 0.289. The van der Waals surface area contributed by atoms with Gasteiger partial charge in [0.15, 0.2) is 0 Å². The van der Waals surface area contributed by atoms with Crippen molar-refractivity contribution in [2.24, 2.45) is 0 Å². The molecule has 0 aromatic heterocycles. The van der Waals surface area contributed by atoms with E-state index in [-0.39, 0.29) is 11.0 Å². The van der Waals surface area contributed by atoms with Gasteiger partial charge in [0, 0.05) is 0 Å². The first-order valence-corrected chi connectivity index (χ1v) is 14.5. The van der Waals surface area contributed by atoms with E-state index in [0.717, 1.165) is 12.1 Å². The summed E-state index contributed by atoms with van der Waals surface area (Å²) in [5, 5.41) is 27.2. The first kappa shape index (κ1) is 14.7. The number of phenolic OH excluding ortho intramolecular Hbond substituents is 3. The van der Waals surface area contributed by atoms with Crippen molar-refractivity contribution in [3.8, 4) is 17.2 Å². The Morgan fingerprint density at radius 1 is 1.27 bits per heavy atom. The molecule has 1 aromatic rings. The summed E-state index contributed by atoms with van der Waals surface area (Å²) in [4.78, 5) is 11.2. The van der Waals surface area contributed by atoms with Crippen LogP contribution in [0.3, 0.4) is 0 Å². The molecule has 0 bridgehead atoms. The molecule has 0 amide bonds. The molecule has 1 radical (unpaired) electrons. The van der Waals surface area contributed by atoms with Gasteiger partial charge in [0.2, 0.25) is 0 Å². The van der Waals surface area contributed by atoms with Crippen molar-refractivity contribution in [1.82, 2.24) is 0 Å². The number of carbonyl (C=O) groups is 1. The van der Waals surface area contributed by atoms with Crippen molar-refractivity contribution in [3.63, 3.8) is 0 Å². The molecule has 5 N–H and O–H groups in total. The fraction of sp³-hybridized carbons (Fsp3) is 0. The van der Waals surface area contributed by atoms with Gasteiger partial charge in [-0.05, 0) is 0 Å². The molecule has 0 aliphatic carbocycles. The minimum absolute atomic E-state index is 0. The summed E-state index contributed by atoms with van der Waals surface area (Å²) in [6, 6.07) is 2.09. The summed E-state index contributed by atoms with van der Waals surface area (Å²) in [7, 11) is 0. The second-order valence-electron chi connectivity index (χ2n) is 2.31. The Morgan fingerprint density at radius 3 is 2.13 bits per heavy atom. The Labute approximate surface area is 106 Å². The Morgan fingerprint density at radius 2 is 1.73 bits per heavy atom. The van der Waals surface area contributed by atoms with Gasteiger partial charge in [0.1, 0.15) is 0 Å². The molecule has 0 atom stereocenters. The second kappa shape index (κ2) is 6.29. The fourth-order valence-corrected chi connectivity index (χ4v) is 3.03. The van der Waals surface area contributed by atoms with Crippen molar-refractivity contribution in [2.45, 2.75) is 0 Å². The van der Waals surface area contributed by atoms with Crippen molar-refractivity contribution in [1.29, 1.82) is 0 Å². The molecule has 0 saturated heterocycles. The maximum absolute atomic E-state index is 11.2. The number of phenols is 3. The first-order chi connectivity index (χ1) is 6.56. The Kier molecular flexibility index (Phi) is 6.15. The molecule has 1 aromatic carbocycles. The van der Waals surface area contributed by atoms with Crippen LogP contribution in [0.15, 0.2) is 12.1 Å². The predicted octanol–water partition coefficient (Wildman–Crippen LogP) is 0.105. The molecule has 0 fully saturated rings. The Bertz CT molecular complexity index is 345. The number of hydrogen-bond donors (Lipinski definition) is 3. The van der Waals surface area contributed by atoms with Gasteiger partial charge in [-0.1, -0.05) is 0 Å². The number of rotatable bonds is 2. The molecular weight excluding hydrogens is 516 g/mol. The van der Waals surface area contributed by atoms with Crippen molar-refractivity contribution in [2.75, 3.05) is 0 Å². The van der Waals surface area contributed by atoms with Gasteiger partial charge in [-0.15, -0.1) is 0 Å². The summed E-state index contributed by atoms with van der Waals surface area (Å²) in [5.74, 6) is -2.33. The zero-order valence-corrected chi connectivity index (χ0v) is 12.8. The fourth-order valence-electron chi connectivity index (χ4n) is 0.806. The third kappa shape index (κ3) is 3.62. The number of aromatic hydroxyl groups is 3. The predicted molar refractivity (Wildman–Crippen MR) is 60.2 cm³/mol. The van der Waals surface area contributed by atoms with Gasteiger partial charge in [-0.25, -0.2) is 0 Å². The molecule has 8 heteroatoms. The van der Waals surface area contributed by atoms with E-state index in [1.165, 1.54) is 0 Å². The van der Waals surface area contributed by atoms with E-state index in [9.17, 15) is 4.79 Å². The number of carbonyl (C=O) groups excluding carboxylic acids is 1. The molecule has 15 heavy (non-hydrogen) atoms. The first-order valence-electron chi connectivity index (χ1n) is 3.34. The molecule has 6 nitrogen and oxygen atoms in total. The van der Waals surface area contributed by atoms with E-state index in [1.807, 2.05) is 18.0 Å². The van der Waals surface area contributed by atoms with Gasteiger partial charge >= 0.3 is 101 Å². The van der Waals surface area contributed by atoms with Crippen LogP contribution in [-0.4, -0.2) is 46.3 Å². The normalized spacial score (nSPS) is 9.13. The second-order valence-corrected chi connectivity index (χ2v) is 7.01. The van der Waals surface area contributed by atoms with Crippen LogP contribution in [-0.2, 0) is 2.81 Å². The SMILES string of the molecule is O.O=C([O][Bi][I])c1cc(O)c(O)c(O)c1. The summed E-state index contributed by atoms with van der Waals surface area (Å²) in [5.41, 5.74) is 0.0261. The van der Waals surface area contributed by atoms with E-state index in [0.29, 0.717) is 0 Å². The van der Waals surface area contributed by atoms with E-state index >= 15 is 0 Å². The van der Waals surface area contributed by atoms with E-state index in [4.69, 9.17) is 18.1 Å². The molecule has 0 unspecified atom stereocenters. The van der Waals surface area contributed by atoms with Crippen LogP contribution >= 0.6 is 18.0 Å². The third-order valence-corrected chi connectivity index (χ3v) is 4.06. The molecule has 0 aliphatic heterocycles. The zero-order chi connectivity index (χ0) is 10.7. The maximum atomic E-state index is 11.2. The van der Waals surface area contributed by atoms with Crippen molar-refractivity contribution < 1.29 is 28.4 Å². The number of benzene rings is 1. The van der Waals surface area contributed by atoms with Crippen LogP contribution in [0.1, 0.15) is 10.4 Å². The number of halogens is 1. The summed E-state index contributed by atoms with van der Waals surface area (Å²) in [6.07, 6.45) is 0. The van der Waals surface area contributed by atoms with Gasteiger partial charge in [0.05, 0.1) is 0 Å². The summed E-state index contributed by atoms with van der Waals surface area (Å²) >= 11 is 0.775. The van der Waals surface area contributed by atoms with Crippen LogP contribution in [0.5, 0.6) is 17.2 Å². The monoisotopic (exact) mass is 523 g/mol. The van der Waals surface area contributed by atoms with Gasteiger partial charge in [-0.3, -0.25) is 0 Å². The average Bonchev–Trinajstić information content (AvgIpc) is 2.13. The number of hydrogen-bond acceptors (Lipinski definition) is 5. The van der Waals surface area contributed by atoms with Crippen molar-refractivity contribution >= 4 is 43.5 Å². The van der Waals surface area contributed by atoms with Gasteiger partial charge < -0.3 is 5.48 Å². The molecule has 0 spiro atoms. The van der Waals surface area contributed by atoms with Crippen LogP contribution < -0.4 is 0 Å². The van der Waals surface area contributed by atoms with E-state index < -0.39 is 42.7 Å². The molecule has 83 valence electrons. The van der Waals surface area contributed by atoms with Crippen LogP contribution in [0.2, 0.25) is 0 Å². The molecule has 0 heterocycles. The molecule has 0 saturated carbocycles. The Hall–Kier alpha value is -0.337.